The monoisotopic (exact) mass is 303 g/mol. The van der Waals surface area contributed by atoms with Crippen molar-refractivity contribution in [2.75, 3.05) is 13.1 Å². The second kappa shape index (κ2) is 5.96. The summed E-state index contributed by atoms with van der Waals surface area (Å²) in [5.41, 5.74) is 2.08. The summed E-state index contributed by atoms with van der Waals surface area (Å²) in [4.78, 5) is 14.7. The fourth-order valence-corrected chi connectivity index (χ4v) is 2.64. The van der Waals surface area contributed by atoms with Gasteiger partial charge in [0.1, 0.15) is 5.82 Å². The van der Waals surface area contributed by atoms with E-state index in [-0.39, 0.29) is 10.8 Å². The predicted molar refractivity (Wildman–Crippen MR) is 81.2 cm³/mol. The summed E-state index contributed by atoms with van der Waals surface area (Å²) < 4.78 is 13.0. The van der Waals surface area contributed by atoms with Gasteiger partial charge in [-0.1, -0.05) is 35.9 Å². The minimum absolute atomic E-state index is 0.143. The number of rotatable bonds is 4. The van der Waals surface area contributed by atoms with Crippen molar-refractivity contribution in [2.24, 2.45) is 0 Å². The maximum Gasteiger partial charge on any atom is 0.194 e. The first-order chi connectivity index (χ1) is 10.1. The Morgan fingerprint density at radius 3 is 2.43 bits per heavy atom. The fourth-order valence-electron chi connectivity index (χ4n) is 2.39. The first-order valence-corrected chi connectivity index (χ1v) is 7.32. The topological polar surface area (TPSA) is 20.3 Å². The van der Waals surface area contributed by atoms with Crippen molar-refractivity contribution in [3.05, 3.63) is 70.0 Å². The van der Waals surface area contributed by atoms with E-state index < -0.39 is 5.82 Å². The molecule has 0 spiro atoms. The van der Waals surface area contributed by atoms with Crippen molar-refractivity contribution in [1.82, 2.24) is 4.90 Å². The summed E-state index contributed by atoms with van der Waals surface area (Å²) >= 11 is 5.93. The number of nitrogens with zero attached hydrogens (tertiary/aromatic N) is 1. The van der Waals surface area contributed by atoms with Crippen LogP contribution in [0.4, 0.5) is 4.39 Å². The zero-order valence-corrected chi connectivity index (χ0v) is 12.2. The number of hydrogen-bond donors (Lipinski definition) is 0. The van der Waals surface area contributed by atoms with Gasteiger partial charge in [-0.15, -0.1) is 0 Å². The highest BCUT2D eigenvalue weighted by molar-refractivity contribution is 6.35. The number of hydrogen-bond acceptors (Lipinski definition) is 2. The third-order valence-corrected chi connectivity index (χ3v) is 4.06. The predicted octanol–water partition coefficient (Wildman–Crippen LogP) is 3.92. The van der Waals surface area contributed by atoms with Gasteiger partial charge in [0.2, 0.25) is 0 Å². The van der Waals surface area contributed by atoms with Gasteiger partial charge < -0.3 is 0 Å². The second-order valence-corrected chi connectivity index (χ2v) is 5.69. The summed E-state index contributed by atoms with van der Waals surface area (Å²) in [6.07, 6.45) is 1.26. The molecule has 0 amide bonds. The molecular formula is C17H15ClFNO. The molecule has 1 aliphatic heterocycles. The number of ketones is 1. The fraction of sp³-hybridized carbons (Fsp3) is 0.235. The smallest absolute Gasteiger partial charge is 0.194 e. The molecule has 0 bridgehead atoms. The summed E-state index contributed by atoms with van der Waals surface area (Å²) in [5, 5.41) is 0.143. The molecule has 2 aromatic carbocycles. The lowest BCUT2D eigenvalue weighted by Gasteiger charge is -2.30. The molecule has 0 unspecified atom stereocenters. The Kier molecular flexibility index (Phi) is 4.04. The molecular weight excluding hydrogens is 289 g/mol. The van der Waals surface area contributed by atoms with E-state index >= 15 is 0 Å². The summed E-state index contributed by atoms with van der Waals surface area (Å²) in [6, 6.07) is 11.4. The lowest BCUT2D eigenvalue weighted by Crippen LogP contribution is -2.36. The Morgan fingerprint density at radius 2 is 1.86 bits per heavy atom. The Morgan fingerprint density at radius 1 is 1.14 bits per heavy atom. The third kappa shape index (κ3) is 3.14. The molecule has 0 N–H and O–H groups in total. The first-order valence-electron chi connectivity index (χ1n) is 6.94. The molecule has 0 saturated carbocycles. The van der Waals surface area contributed by atoms with Gasteiger partial charge in [-0.25, -0.2) is 4.39 Å². The summed E-state index contributed by atoms with van der Waals surface area (Å²) in [5.74, 6) is -0.628. The van der Waals surface area contributed by atoms with Crippen molar-refractivity contribution < 1.29 is 9.18 Å². The van der Waals surface area contributed by atoms with Crippen LogP contribution in [0, 0.1) is 5.82 Å². The number of likely N-dealkylation sites (tertiary alicyclic amines) is 1. The zero-order chi connectivity index (χ0) is 14.8. The normalized spacial score (nSPS) is 14.8. The van der Waals surface area contributed by atoms with Gasteiger partial charge in [0.25, 0.3) is 0 Å². The lowest BCUT2D eigenvalue weighted by atomic mass is 10.0. The number of benzene rings is 2. The van der Waals surface area contributed by atoms with E-state index in [4.69, 9.17) is 11.6 Å². The standard InChI is InChI=1S/C17H15ClFNO/c18-16-10-14(19)6-7-15(16)17(21)13-4-2-12(3-5-13)11-20-8-1-9-20/h2-7,10H,1,8-9,11H2. The van der Waals surface area contributed by atoms with E-state index in [9.17, 15) is 9.18 Å². The Balaban J connectivity index is 1.77. The van der Waals surface area contributed by atoms with E-state index in [2.05, 4.69) is 4.90 Å². The van der Waals surface area contributed by atoms with Gasteiger partial charge in [-0.2, -0.15) is 0 Å². The van der Waals surface area contributed by atoms with Crippen molar-refractivity contribution >= 4 is 17.4 Å². The van der Waals surface area contributed by atoms with Crippen LogP contribution >= 0.6 is 11.6 Å². The molecule has 2 aromatic rings. The zero-order valence-electron chi connectivity index (χ0n) is 11.5. The molecule has 0 aliphatic carbocycles. The van der Waals surface area contributed by atoms with E-state index in [0.717, 1.165) is 25.7 Å². The van der Waals surface area contributed by atoms with E-state index in [1.54, 1.807) is 12.1 Å². The highest BCUT2D eigenvalue weighted by Crippen LogP contribution is 2.21. The Hall–Kier alpha value is -1.71. The van der Waals surface area contributed by atoms with Gasteiger partial charge >= 0.3 is 0 Å². The largest absolute Gasteiger partial charge is 0.299 e. The molecule has 0 radical (unpaired) electrons. The molecule has 21 heavy (non-hydrogen) atoms. The Labute approximate surface area is 128 Å². The molecule has 2 nitrogen and oxygen atoms in total. The molecule has 1 fully saturated rings. The minimum atomic E-state index is -0.443. The quantitative estimate of drug-likeness (QED) is 0.798. The first kappa shape index (κ1) is 14.2. The second-order valence-electron chi connectivity index (χ2n) is 5.28. The molecule has 3 rings (SSSR count). The number of carbonyl (C=O) groups is 1. The average molecular weight is 304 g/mol. The van der Waals surface area contributed by atoms with Gasteiger partial charge in [0.15, 0.2) is 5.78 Å². The maximum absolute atomic E-state index is 13.0. The number of carbonyl (C=O) groups excluding carboxylic acids is 1. The average Bonchev–Trinajstić information content (AvgIpc) is 2.43. The molecule has 0 aromatic heterocycles. The lowest BCUT2D eigenvalue weighted by molar-refractivity contribution is 0.103. The van der Waals surface area contributed by atoms with Crippen molar-refractivity contribution in [1.29, 1.82) is 0 Å². The SMILES string of the molecule is O=C(c1ccc(CN2CCC2)cc1)c1ccc(F)cc1Cl. The van der Waals surface area contributed by atoms with Gasteiger partial charge in [-0.3, -0.25) is 9.69 Å². The van der Waals surface area contributed by atoms with Crippen LogP contribution < -0.4 is 0 Å². The molecule has 0 atom stereocenters. The van der Waals surface area contributed by atoms with Crippen LogP contribution in [-0.2, 0) is 6.54 Å². The van der Waals surface area contributed by atoms with Crippen LogP contribution in [0.2, 0.25) is 5.02 Å². The van der Waals surface area contributed by atoms with Crippen molar-refractivity contribution in [3.8, 4) is 0 Å². The maximum atomic E-state index is 13.0. The Bertz CT molecular complexity index is 665. The van der Waals surface area contributed by atoms with Crippen LogP contribution in [0.3, 0.4) is 0 Å². The van der Waals surface area contributed by atoms with Gasteiger partial charge in [0, 0.05) is 17.7 Å². The van der Waals surface area contributed by atoms with Crippen molar-refractivity contribution in [3.63, 3.8) is 0 Å². The van der Waals surface area contributed by atoms with Crippen LogP contribution in [-0.4, -0.2) is 23.8 Å². The van der Waals surface area contributed by atoms with E-state index in [0.29, 0.717) is 11.1 Å². The van der Waals surface area contributed by atoms with Crippen LogP contribution in [0.1, 0.15) is 27.9 Å². The molecule has 1 saturated heterocycles. The highest BCUT2D eigenvalue weighted by Gasteiger charge is 2.15. The van der Waals surface area contributed by atoms with E-state index in [1.165, 1.54) is 24.1 Å². The van der Waals surface area contributed by atoms with Crippen molar-refractivity contribution in [2.45, 2.75) is 13.0 Å². The molecule has 108 valence electrons. The highest BCUT2D eigenvalue weighted by atomic mass is 35.5. The van der Waals surface area contributed by atoms with E-state index in [1.807, 2.05) is 12.1 Å². The molecule has 1 aliphatic rings. The van der Waals surface area contributed by atoms with Gasteiger partial charge in [0.05, 0.1) is 5.02 Å². The summed E-state index contributed by atoms with van der Waals surface area (Å²) in [7, 11) is 0. The van der Waals surface area contributed by atoms with Crippen LogP contribution in [0.25, 0.3) is 0 Å². The third-order valence-electron chi connectivity index (χ3n) is 3.75. The molecule has 4 heteroatoms. The van der Waals surface area contributed by atoms with Crippen LogP contribution in [0.15, 0.2) is 42.5 Å². The molecule has 1 heterocycles. The van der Waals surface area contributed by atoms with Gasteiger partial charge in [-0.05, 0) is 43.3 Å². The van der Waals surface area contributed by atoms with Crippen LogP contribution in [0.5, 0.6) is 0 Å². The summed E-state index contributed by atoms with van der Waals surface area (Å²) in [6.45, 7) is 3.21. The minimum Gasteiger partial charge on any atom is -0.299 e. The number of halogens is 2.